The molecule has 0 saturated heterocycles. The standard InChI is InChI=1S/C31H39FO3/c1-5-8-11-24(7-3)25-12-10-13-27(20-25)35-22-23-14-16-28(31(19-23)34-18-9-6-2)29-21-26(33-4)15-17-30(29)32/h10,12-17,19-21,24H,5-9,11,18,22H2,1-4H3/t24-/m0/s1. The van der Waals surface area contributed by atoms with Gasteiger partial charge in [0.1, 0.15) is 29.7 Å². The molecular formula is C31H39FO3. The van der Waals surface area contributed by atoms with Gasteiger partial charge in [-0.15, -0.1) is 0 Å². The second-order valence-corrected chi connectivity index (χ2v) is 8.99. The van der Waals surface area contributed by atoms with Crippen LogP contribution in [0.4, 0.5) is 4.39 Å². The van der Waals surface area contributed by atoms with Crippen LogP contribution in [0.15, 0.2) is 60.7 Å². The van der Waals surface area contributed by atoms with Crippen molar-refractivity contribution >= 4 is 0 Å². The van der Waals surface area contributed by atoms with Crippen LogP contribution < -0.4 is 14.2 Å². The van der Waals surface area contributed by atoms with Gasteiger partial charge in [-0.1, -0.05) is 64.3 Å². The minimum absolute atomic E-state index is 0.305. The summed E-state index contributed by atoms with van der Waals surface area (Å²) in [4.78, 5) is 0. The van der Waals surface area contributed by atoms with Crippen molar-refractivity contribution in [3.8, 4) is 28.4 Å². The number of benzene rings is 3. The number of unbranched alkanes of at least 4 members (excludes halogenated alkanes) is 2. The predicted molar refractivity (Wildman–Crippen MR) is 142 cm³/mol. The van der Waals surface area contributed by atoms with Gasteiger partial charge in [0.15, 0.2) is 0 Å². The number of halogens is 1. The van der Waals surface area contributed by atoms with Crippen molar-refractivity contribution in [3.05, 3.63) is 77.6 Å². The SMILES string of the molecule is CCCCOc1cc(COc2cccc([C@@H](CC)CCCC)c2)ccc1-c1cc(OC)ccc1F. The minimum Gasteiger partial charge on any atom is -0.497 e. The first-order chi connectivity index (χ1) is 17.1. The highest BCUT2D eigenvalue weighted by Gasteiger charge is 2.14. The van der Waals surface area contributed by atoms with Crippen molar-refractivity contribution in [2.24, 2.45) is 0 Å². The molecule has 4 heteroatoms. The molecule has 0 aliphatic heterocycles. The van der Waals surface area contributed by atoms with E-state index in [1.807, 2.05) is 24.3 Å². The van der Waals surface area contributed by atoms with Gasteiger partial charge in [0.25, 0.3) is 0 Å². The Bertz CT molecular complexity index is 1060. The zero-order valence-electron chi connectivity index (χ0n) is 21.6. The van der Waals surface area contributed by atoms with Gasteiger partial charge in [-0.2, -0.15) is 0 Å². The van der Waals surface area contributed by atoms with Gasteiger partial charge in [0.05, 0.1) is 13.7 Å². The van der Waals surface area contributed by atoms with E-state index in [4.69, 9.17) is 14.2 Å². The molecule has 0 spiro atoms. The summed E-state index contributed by atoms with van der Waals surface area (Å²) < 4.78 is 32.3. The van der Waals surface area contributed by atoms with Gasteiger partial charge >= 0.3 is 0 Å². The molecule has 3 rings (SSSR count). The van der Waals surface area contributed by atoms with E-state index in [1.165, 1.54) is 30.9 Å². The number of ether oxygens (including phenoxy) is 3. The zero-order valence-corrected chi connectivity index (χ0v) is 21.6. The maximum absolute atomic E-state index is 14.7. The molecule has 3 aromatic rings. The summed E-state index contributed by atoms with van der Waals surface area (Å²) in [5, 5.41) is 0. The summed E-state index contributed by atoms with van der Waals surface area (Å²) in [5.74, 6) is 2.40. The van der Waals surface area contributed by atoms with Gasteiger partial charge in [-0.3, -0.25) is 0 Å². The molecule has 3 aromatic carbocycles. The van der Waals surface area contributed by atoms with Crippen molar-refractivity contribution in [2.75, 3.05) is 13.7 Å². The number of rotatable bonds is 14. The van der Waals surface area contributed by atoms with Crippen molar-refractivity contribution in [1.29, 1.82) is 0 Å². The molecule has 0 aliphatic rings. The van der Waals surface area contributed by atoms with E-state index in [-0.39, 0.29) is 5.82 Å². The fourth-order valence-electron chi connectivity index (χ4n) is 4.24. The van der Waals surface area contributed by atoms with E-state index >= 15 is 0 Å². The van der Waals surface area contributed by atoms with Crippen molar-refractivity contribution in [3.63, 3.8) is 0 Å². The third kappa shape index (κ3) is 7.48. The molecule has 0 aliphatic carbocycles. The van der Waals surface area contributed by atoms with Gasteiger partial charge in [-0.25, -0.2) is 4.39 Å². The van der Waals surface area contributed by atoms with Crippen LogP contribution in [0.2, 0.25) is 0 Å². The van der Waals surface area contributed by atoms with Crippen LogP contribution in [-0.2, 0) is 6.61 Å². The monoisotopic (exact) mass is 478 g/mol. The lowest BCUT2D eigenvalue weighted by atomic mass is 9.91. The average Bonchev–Trinajstić information content (AvgIpc) is 2.89. The van der Waals surface area contributed by atoms with Gasteiger partial charge in [0, 0.05) is 11.1 Å². The zero-order chi connectivity index (χ0) is 25.0. The highest BCUT2D eigenvalue weighted by atomic mass is 19.1. The maximum atomic E-state index is 14.7. The quantitative estimate of drug-likeness (QED) is 0.216. The molecule has 0 heterocycles. The third-order valence-corrected chi connectivity index (χ3v) is 6.40. The second-order valence-electron chi connectivity index (χ2n) is 8.99. The average molecular weight is 479 g/mol. The molecule has 0 aromatic heterocycles. The number of methoxy groups -OCH3 is 1. The molecule has 0 radical (unpaired) electrons. The fraction of sp³-hybridized carbons (Fsp3) is 0.419. The topological polar surface area (TPSA) is 27.7 Å². The van der Waals surface area contributed by atoms with Crippen LogP contribution in [0.3, 0.4) is 0 Å². The Morgan fingerprint density at radius 1 is 0.800 bits per heavy atom. The van der Waals surface area contributed by atoms with Crippen molar-refractivity contribution in [2.45, 2.75) is 71.8 Å². The summed E-state index contributed by atoms with van der Waals surface area (Å²) in [6, 6.07) is 19.1. The first kappa shape index (κ1) is 26.6. The van der Waals surface area contributed by atoms with E-state index in [1.54, 1.807) is 19.2 Å². The fourth-order valence-corrected chi connectivity index (χ4v) is 4.24. The molecule has 35 heavy (non-hydrogen) atoms. The molecule has 0 amide bonds. The molecule has 1 atom stereocenters. The first-order valence-corrected chi connectivity index (χ1v) is 12.9. The van der Waals surface area contributed by atoms with Gasteiger partial charge < -0.3 is 14.2 Å². The largest absolute Gasteiger partial charge is 0.497 e. The van der Waals surface area contributed by atoms with Crippen LogP contribution in [0.25, 0.3) is 11.1 Å². The lowest BCUT2D eigenvalue weighted by Crippen LogP contribution is -2.02. The predicted octanol–water partition coefficient (Wildman–Crippen LogP) is 8.94. The lowest BCUT2D eigenvalue weighted by molar-refractivity contribution is 0.298. The minimum atomic E-state index is -0.305. The molecular weight excluding hydrogens is 439 g/mol. The van der Waals surface area contributed by atoms with E-state index in [9.17, 15) is 4.39 Å². The van der Waals surface area contributed by atoms with Crippen LogP contribution in [0, 0.1) is 5.82 Å². The molecule has 188 valence electrons. The first-order valence-electron chi connectivity index (χ1n) is 12.9. The Morgan fingerprint density at radius 3 is 2.37 bits per heavy atom. The lowest BCUT2D eigenvalue weighted by Gasteiger charge is -2.17. The molecule has 0 bridgehead atoms. The molecule has 0 unspecified atom stereocenters. The van der Waals surface area contributed by atoms with Gasteiger partial charge in [-0.05, 0) is 72.7 Å². The summed E-state index contributed by atoms with van der Waals surface area (Å²) in [6.45, 7) is 7.61. The second kappa shape index (κ2) is 13.8. The highest BCUT2D eigenvalue weighted by Crippen LogP contribution is 2.35. The van der Waals surface area contributed by atoms with Crippen LogP contribution in [-0.4, -0.2) is 13.7 Å². The normalized spacial score (nSPS) is 11.8. The van der Waals surface area contributed by atoms with Crippen molar-refractivity contribution in [1.82, 2.24) is 0 Å². The van der Waals surface area contributed by atoms with E-state index in [0.717, 1.165) is 30.6 Å². The highest BCUT2D eigenvalue weighted by molar-refractivity contribution is 5.72. The van der Waals surface area contributed by atoms with Gasteiger partial charge in [0.2, 0.25) is 0 Å². The Labute approximate surface area is 210 Å². The Morgan fingerprint density at radius 2 is 1.63 bits per heavy atom. The molecule has 3 nitrogen and oxygen atoms in total. The summed E-state index contributed by atoms with van der Waals surface area (Å²) in [5.41, 5.74) is 3.50. The number of hydrogen-bond donors (Lipinski definition) is 0. The van der Waals surface area contributed by atoms with Crippen LogP contribution >= 0.6 is 0 Å². The molecule has 0 fully saturated rings. The summed E-state index contributed by atoms with van der Waals surface area (Å²) in [7, 11) is 1.58. The Kier molecular flexibility index (Phi) is 10.5. The van der Waals surface area contributed by atoms with Crippen LogP contribution in [0.5, 0.6) is 17.2 Å². The maximum Gasteiger partial charge on any atom is 0.131 e. The van der Waals surface area contributed by atoms with Crippen molar-refractivity contribution < 1.29 is 18.6 Å². The summed E-state index contributed by atoms with van der Waals surface area (Å²) >= 11 is 0. The summed E-state index contributed by atoms with van der Waals surface area (Å²) in [6.07, 6.45) is 6.75. The van der Waals surface area contributed by atoms with Crippen LogP contribution in [0.1, 0.15) is 76.3 Å². The Balaban J connectivity index is 1.81. The third-order valence-electron chi connectivity index (χ3n) is 6.40. The van der Waals surface area contributed by atoms with E-state index in [0.29, 0.717) is 41.8 Å². The Hall–Kier alpha value is -3.01. The molecule has 0 N–H and O–H groups in total. The van der Waals surface area contributed by atoms with E-state index < -0.39 is 0 Å². The number of hydrogen-bond acceptors (Lipinski definition) is 3. The smallest absolute Gasteiger partial charge is 0.131 e. The van der Waals surface area contributed by atoms with E-state index in [2.05, 4.69) is 39.0 Å². The molecule has 0 saturated carbocycles.